The Balaban J connectivity index is 2.61. The van der Waals surface area contributed by atoms with E-state index in [-0.39, 0.29) is 17.2 Å². The Labute approximate surface area is 109 Å². The zero-order valence-corrected chi connectivity index (χ0v) is 11.9. The highest BCUT2D eigenvalue weighted by molar-refractivity contribution is 5.90. The minimum atomic E-state index is -0.452. The highest BCUT2D eigenvalue weighted by Gasteiger charge is 2.40. The molecule has 2 unspecified atom stereocenters. The topological polar surface area (TPSA) is 61.4 Å². The first-order chi connectivity index (χ1) is 8.46. The minimum Gasteiger partial charge on any atom is -0.344 e. The number of nitrogens with one attached hydrogen (secondary N) is 2. The van der Waals surface area contributed by atoms with Crippen molar-refractivity contribution >= 4 is 11.8 Å². The highest BCUT2D eigenvalue weighted by atomic mass is 16.2. The van der Waals surface area contributed by atoms with E-state index in [2.05, 4.69) is 10.6 Å². The molecule has 0 aliphatic carbocycles. The van der Waals surface area contributed by atoms with Crippen LogP contribution in [0.3, 0.4) is 0 Å². The molecular formula is C13H25N3O2. The lowest BCUT2D eigenvalue weighted by Crippen LogP contribution is -2.51. The summed E-state index contributed by atoms with van der Waals surface area (Å²) in [5.41, 5.74) is -0.334. The van der Waals surface area contributed by atoms with Gasteiger partial charge in [-0.25, -0.2) is 0 Å². The van der Waals surface area contributed by atoms with Gasteiger partial charge in [0.05, 0.1) is 5.41 Å². The van der Waals surface area contributed by atoms with Gasteiger partial charge in [0.1, 0.15) is 6.04 Å². The smallest absolute Gasteiger partial charge is 0.244 e. The van der Waals surface area contributed by atoms with E-state index < -0.39 is 6.04 Å². The second kappa shape index (κ2) is 6.18. The van der Waals surface area contributed by atoms with Gasteiger partial charge in [-0.05, 0) is 33.2 Å². The van der Waals surface area contributed by atoms with Gasteiger partial charge in [0.15, 0.2) is 0 Å². The van der Waals surface area contributed by atoms with Crippen molar-refractivity contribution in [1.29, 1.82) is 0 Å². The average Bonchev–Trinajstić information content (AvgIpc) is 2.86. The van der Waals surface area contributed by atoms with Gasteiger partial charge in [-0.15, -0.1) is 0 Å². The number of nitrogens with zero attached hydrogens (tertiary/aromatic N) is 1. The van der Waals surface area contributed by atoms with Crippen molar-refractivity contribution < 1.29 is 9.59 Å². The predicted molar refractivity (Wildman–Crippen MR) is 71.1 cm³/mol. The Kier molecular flexibility index (Phi) is 5.14. The summed E-state index contributed by atoms with van der Waals surface area (Å²) >= 11 is 0. The van der Waals surface area contributed by atoms with Crippen LogP contribution < -0.4 is 10.6 Å². The second-order valence-electron chi connectivity index (χ2n) is 5.11. The van der Waals surface area contributed by atoms with Gasteiger partial charge in [-0.3, -0.25) is 9.59 Å². The summed E-state index contributed by atoms with van der Waals surface area (Å²) < 4.78 is 0. The number of amides is 2. The maximum Gasteiger partial charge on any atom is 0.244 e. The molecule has 1 aliphatic heterocycles. The summed E-state index contributed by atoms with van der Waals surface area (Å²) in [6.07, 6.45) is 1.65. The third-order valence-electron chi connectivity index (χ3n) is 3.97. The SMILES string of the molecule is CCN(C)C(=O)C(C)NC(=O)C1(CC)CCNC1. The van der Waals surface area contributed by atoms with Gasteiger partial charge >= 0.3 is 0 Å². The molecule has 1 fully saturated rings. The van der Waals surface area contributed by atoms with Crippen molar-refractivity contribution in [3.8, 4) is 0 Å². The molecule has 0 aromatic carbocycles. The molecule has 1 heterocycles. The van der Waals surface area contributed by atoms with Gasteiger partial charge in [-0.1, -0.05) is 6.92 Å². The summed E-state index contributed by atoms with van der Waals surface area (Å²) in [5.74, 6) is -0.0385. The van der Waals surface area contributed by atoms with Crippen molar-refractivity contribution in [2.75, 3.05) is 26.7 Å². The van der Waals surface area contributed by atoms with Gasteiger partial charge in [0.25, 0.3) is 0 Å². The monoisotopic (exact) mass is 255 g/mol. The lowest BCUT2D eigenvalue weighted by Gasteiger charge is -2.28. The van der Waals surface area contributed by atoms with Crippen LogP contribution in [-0.2, 0) is 9.59 Å². The summed E-state index contributed by atoms with van der Waals surface area (Å²) in [6.45, 7) is 7.92. The van der Waals surface area contributed by atoms with E-state index in [4.69, 9.17) is 0 Å². The van der Waals surface area contributed by atoms with E-state index in [1.165, 1.54) is 0 Å². The Hall–Kier alpha value is -1.10. The first-order valence-electron chi connectivity index (χ1n) is 6.73. The predicted octanol–water partition coefficient (Wildman–Crippen LogP) is 0.359. The quantitative estimate of drug-likeness (QED) is 0.745. The van der Waals surface area contributed by atoms with E-state index in [1.807, 2.05) is 13.8 Å². The Morgan fingerprint density at radius 1 is 1.44 bits per heavy atom. The molecule has 1 aliphatic rings. The standard InChI is InChI=1S/C13H25N3O2/c1-5-13(7-8-14-9-13)12(18)15-10(3)11(17)16(4)6-2/h10,14H,5-9H2,1-4H3,(H,15,18). The van der Waals surface area contributed by atoms with E-state index in [1.54, 1.807) is 18.9 Å². The molecule has 5 heteroatoms. The van der Waals surface area contributed by atoms with Crippen molar-refractivity contribution in [1.82, 2.24) is 15.5 Å². The third kappa shape index (κ3) is 3.02. The Bertz CT molecular complexity index is 311. The Morgan fingerprint density at radius 3 is 2.56 bits per heavy atom. The average molecular weight is 255 g/mol. The molecule has 5 nitrogen and oxygen atoms in total. The lowest BCUT2D eigenvalue weighted by molar-refractivity contribution is -0.138. The highest BCUT2D eigenvalue weighted by Crippen LogP contribution is 2.29. The van der Waals surface area contributed by atoms with Crippen molar-refractivity contribution in [3.05, 3.63) is 0 Å². The molecule has 0 bridgehead atoms. The number of carbonyl (C=O) groups excluding carboxylic acids is 2. The molecule has 0 radical (unpaired) electrons. The fourth-order valence-corrected chi connectivity index (χ4v) is 2.30. The molecule has 0 spiro atoms. The van der Waals surface area contributed by atoms with Crippen LogP contribution in [0.2, 0.25) is 0 Å². The number of hydrogen-bond acceptors (Lipinski definition) is 3. The molecule has 1 rings (SSSR count). The van der Waals surface area contributed by atoms with Crippen LogP contribution in [0.25, 0.3) is 0 Å². The van der Waals surface area contributed by atoms with Crippen LogP contribution in [0.1, 0.15) is 33.6 Å². The van der Waals surface area contributed by atoms with E-state index in [0.717, 1.165) is 19.4 Å². The maximum absolute atomic E-state index is 12.3. The molecular weight excluding hydrogens is 230 g/mol. The number of rotatable bonds is 5. The first-order valence-corrected chi connectivity index (χ1v) is 6.73. The summed E-state index contributed by atoms with van der Waals surface area (Å²) in [6, 6.07) is -0.452. The van der Waals surface area contributed by atoms with Crippen molar-refractivity contribution in [2.45, 2.75) is 39.7 Å². The zero-order chi connectivity index (χ0) is 13.8. The van der Waals surface area contributed by atoms with E-state index >= 15 is 0 Å². The fourth-order valence-electron chi connectivity index (χ4n) is 2.30. The number of carbonyl (C=O) groups is 2. The van der Waals surface area contributed by atoms with Crippen LogP contribution >= 0.6 is 0 Å². The summed E-state index contributed by atoms with van der Waals surface area (Å²) in [7, 11) is 1.75. The van der Waals surface area contributed by atoms with Crippen LogP contribution in [0.5, 0.6) is 0 Å². The van der Waals surface area contributed by atoms with E-state index in [0.29, 0.717) is 13.1 Å². The maximum atomic E-state index is 12.3. The van der Waals surface area contributed by atoms with Crippen molar-refractivity contribution in [3.63, 3.8) is 0 Å². The molecule has 2 atom stereocenters. The third-order valence-corrected chi connectivity index (χ3v) is 3.97. The van der Waals surface area contributed by atoms with Crippen LogP contribution in [-0.4, -0.2) is 49.4 Å². The summed E-state index contributed by atoms with van der Waals surface area (Å²) in [5, 5.41) is 6.08. The van der Waals surface area contributed by atoms with E-state index in [9.17, 15) is 9.59 Å². The fraction of sp³-hybridized carbons (Fsp3) is 0.846. The van der Waals surface area contributed by atoms with Crippen LogP contribution in [0, 0.1) is 5.41 Å². The number of hydrogen-bond donors (Lipinski definition) is 2. The molecule has 0 aromatic heterocycles. The normalized spacial score (nSPS) is 24.7. The van der Waals surface area contributed by atoms with Crippen LogP contribution in [0.15, 0.2) is 0 Å². The Morgan fingerprint density at radius 2 is 2.11 bits per heavy atom. The van der Waals surface area contributed by atoms with Gasteiger partial charge in [0, 0.05) is 20.1 Å². The molecule has 2 N–H and O–H groups in total. The van der Waals surface area contributed by atoms with Crippen LogP contribution in [0.4, 0.5) is 0 Å². The largest absolute Gasteiger partial charge is 0.344 e. The first kappa shape index (κ1) is 15.0. The second-order valence-corrected chi connectivity index (χ2v) is 5.11. The van der Waals surface area contributed by atoms with Crippen molar-refractivity contribution in [2.24, 2.45) is 5.41 Å². The molecule has 18 heavy (non-hydrogen) atoms. The van der Waals surface area contributed by atoms with Gasteiger partial charge < -0.3 is 15.5 Å². The zero-order valence-electron chi connectivity index (χ0n) is 11.9. The molecule has 1 saturated heterocycles. The number of likely N-dealkylation sites (N-methyl/N-ethyl adjacent to an activating group) is 1. The van der Waals surface area contributed by atoms with Gasteiger partial charge in [0.2, 0.25) is 11.8 Å². The molecule has 2 amide bonds. The van der Waals surface area contributed by atoms with Gasteiger partial charge in [-0.2, -0.15) is 0 Å². The lowest BCUT2D eigenvalue weighted by atomic mass is 9.83. The summed E-state index contributed by atoms with van der Waals surface area (Å²) in [4.78, 5) is 25.8. The minimum absolute atomic E-state index is 0.000327. The molecule has 0 aromatic rings. The molecule has 0 saturated carbocycles. The molecule has 104 valence electrons.